The summed E-state index contributed by atoms with van der Waals surface area (Å²) < 4.78 is 12.1. The maximum atomic E-state index is 12.5. The lowest BCUT2D eigenvalue weighted by atomic mass is 9.84. The maximum Gasteiger partial charge on any atom is 0.319 e. The van der Waals surface area contributed by atoms with E-state index in [1.165, 1.54) is 6.42 Å². The second-order valence-electron chi connectivity index (χ2n) is 9.14. The number of aliphatic hydroxyl groups is 1. The molecular formula is C24H35N3O5. The second kappa shape index (κ2) is 10.5. The predicted octanol–water partition coefficient (Wildman–Crippen LogP) is 3.05. The number of carbonyl (C=O) groups excluding carboxylic acids is 2. The maximum absolute atomic E-state index is 12.5. The van der Waals surface area contributed by atoms with E-state index >= 15 is 0 Å². The van der Waals surface area contributed by atoms with Gasteiger partial charge in [-0.3, -0.25) is 4.79 Å². The molecule has 2 aliphatic heterocycles. The fourth-order valence-corrected chi connectivity index (χ4v) is 5.11. The fourth-order valence-electron chi connectivity index (χ4n) is 5.11. The van der Waals surface area contributed by atoms with Gasteiger partial charge in [0, 0.05) is 29.8 Å². The number of hydrogen-bond donors (Lipinski definition) is 4. The highest BCUT2D eigenvalue weighted by atomic mass is 16.6. The van der Waals surface area contributed by atoms with Gasteiger partial charge in [-0.2, -0.15) is 0 Å². The molecule has 0 bridgehead atoms. The number of benzene rings is 1. The van der Waals surface area contributed by atoms with E-state index in [1.54, 1.807) is 0 Å². The van der Waals surface area contributed by atoms with Crippen molar-refractivity contribution in [3.8, 4) is 5.75 Å². The van der Waals surface area contributed by atoms with Gasteiger partial charge in [-0.1, -0.05) is 26.2 Å². The molecule has 0 unspecified atom stereocenters. The highest BCUT2D eigenvalue weighted by Gasteiger charge is 2.46. The molecule has 1 aliphatic carbocycles. The van der Waals surface area contributed by atoms with E-state index in [0.29, 0.717) is 18.7 Å². The minimum Gasteiger partial charge on any atom is -0.487 e. The van der Waals surface area contributed by atoms with Crippen LogP contribution in [0, 0.1) is 0 Å². The van der Waals surface area contributed by atoms with Crippen LogP contribution in [0.4, 0.5) is 10.5 Å². The molecule has 0 spiro atoms. The molecule has 2 heterocycles. The van der Waals surface area contributed by atoms with Crippen LogP contribution >= 0.6 is 0 Å². The van der Waals surface area contributed by atoms with E-state index in [-0.39, 0.29) is 49.1 Å². The Morgan fingerprint density at radius 1 is 1.19 bits per heavy atom. The van der Waals surface area contributed by atoms with Crippen molar-refractivity contribution in [3.63, 3.8) is 0 Å². The van der Waals surface area contributed by atoms with Gasteiger partial charge in [0.2, 0.25) is 5.91 Å². The summed E-state index contributed by atoms with van der Waals surface area (Å²) >= 11 is 0. The second-order valence-corrected chi connectivity index (χ2v) is 9.14. The molecule has 1 aromatic rings. The average molecular weight is 446 g/mol. The Balaban J connectivity index is 1.42. The molecule has 1 saturated carbocycles. The molecule has 32 heavy (non-hydrogen) atoms. The molecule has 3 aliphatic rings. The Labute approximate surface area is 189 Å². The Bertz CT molecular complexity index is 811. The van der Waals surface area contributed by atoms with E-state index in [1.807, 2.05) is 25.1 Å². The van der Waals surface area contributed by atoms with Gasteiger partial charge < -0.3 is 30.5 Å². The smallest absolute Gasteiger partial charge is 0.319 e. The van der Waals surface area contributed by atoms with Gasteiger partial charge in [0.1, 0.15) is 18.0 Å². The standard InChI is InChI=1S/C24H35N3O5/c1-2-10-25-22(29)13-17-12-19-18-11-16(27-24(30)26-15-6-4-3-5-7-15)8-9-20(18)32-23(19)21(14-28)31-17/h8-9,11,15,17,19,21,23,28H,2-7,10,12-14H2,1H3,(H,25,29)(H2,26,27,30)/t17-,19+,21-,23-/m1/s1. The molecular weight excluding hydrogens is 410 g/mol. The Kier molecular flexibility index (Phi) is 7.52. The molecule has 0 aromatic heterocycles. The number of carbonyl (C=O) groups is 2. The largest absolute Gasteiger partial charge is 0.487 e. The molecule has 1 aromatic carbocycles. The van der Waals surface area contributed by atoms with Crippen molar-refractivity contribution >= 4 is 17.6 Å². The number of hydrogen-bond acceptors (Lipinski definition) is 5. The van der Waals surface area contributed by atoms with E-state index in [2.05, 4.69) is 16.0 Å². The predicted molar refractivity (Wildman–Crippen MR) is 121 cm³/mol. The molecule has 8 nitrogen and oxygen atoms in total. The number of urea groups is 1. The van der Waals surface area contributed by atoms with Crippen LogP contribution in [0.1, 0.15) is 69.8 Å². The first-order chi connectivity index (χ1) is 15.6. The first-order valence-electron chi connectivity index (χ1n) is 12.0. The summed E-state index contributed by atoms with van der Waals surface area (Å²) in [5, 5.41) is 18.8. The van der Waals surface area contributed by atoms with Crippen LogP contribution in [-0.2, 0) is 9.53 Å². The number of amides is 3. The monoisotopic (exact) mass is 445 g/mol. The Morgan fingerprint density at radius 2 is 2.00 bits per heavy atom. The van der Waals surface area contributed by atoms with Gasteiger partial charge in [0.25, 0.3) is 0 Å². The fraction of sp³-hybridized carbons (Fsp3) is 0.667. The average Bonchev–Trinajstić information content (AvgIpc) is 3.15. The first kappa shape index (κ1) is 22.9. The van der Waals surface area contributed by atoms with Gasteiger partial charge in [-0.15, -0.1) is 0 Å². The van der Waals surface area contributed by atoms with Gasteiger partial charge >= 0.3 is 6.03 Å². The summed E-state index contributed by atoms with van der Waals surface area (Å²) in [5.74, 6) is 0.709. The zero-order valence-corrected chi connectivity index (χ0v) is 18.8. The third kappa shape index (κ3) is 5.35. The molecule has 4 N–H and O–H groups in total. The van der Waals surface area contributed by atoms with Gasteiger partial charge in [0.15, 0.2) is 0 Å². The summed E-state index contributed by atoms with van der Waals surface area (Å²) in [6.07, 6.45) is 6.34. The minimum atomic E-state index is -0.490. The lowest BCUT2D eigenvalue weighted by Gasteiger charge is -2.37. The molecule has 1 saturated heterocycles. The quantitative estimate of drug-likeness (QED) is 0.516. The van der Waals surface area contributed by atoms with E-state index < -0.39 is 6.10 Å². The van der Waals surface area contributed by atoms with Crippen LogP contribution in [-0.4, -0.2) is 54.6 Å². The molecule has 2 fully saturated rings. The number of fused-ring (bicyclic) bond motifs is 3. The van der Waals surface area contributed by atoms with Crippen LogP contribution in [0.3, 0.4) is 0 Å². The van der Waals surface area contributed by atoms with Gasteiger partial charge in [0.05, 0.1) is 19.1 Å². The van der Waals surface area contributed by atoms with Crippen LogP contribution in [0.25, 0.3) is 0 Å². The summed E-state index contributed by atoms with van der Waals surface area (Å²) in [7, 11) is 0. The summed E-state index contributed by atoms with van der Waals surface area (Å²) in [6.45, 7) is 2.49. The van der Waals surface area contributed by atoms with E-state index in [0.717, 1.165) is 43.4 Å². The molecule has 8 heteroatoms. The third-order valence-electron chi connectivity index (χ3n) is 6.68. The SMILES string of the molecule is CCCNC(=O)C[C@H]1C[C@H]2c3cc(NC(=O)NC4CCCCC4)ccc3O[C@H]2[C@@H](CO)O1. The summed E-state index contributed by atoms with van der Waals surface area (Å²) in [4.78, 5) is 24.7. The highest BCUT2D eigenvalue weighted by Crippen LogP contribution is 2.47. The van der Waals surface area contributed by atoms with Crippen LogP contribution < -0.4 is 20.7 Å². The van der Waals surface area contributed by atoms with Gasteiger partial charge in [-0.25, -0.2) is 4.79 Å². The third-order valence-corrected chi connectivity index (χ3v) is 6.68. The number of nitrogens with one attached hydrogen (secondary N) is 3. The zero-order chi connectivity index (χ0) is 22.5. The highest BCUT2D eigenvalue weighted by molar-refractivity contribution is 5.89. The minimum absolute atomic E-state index is 0.00281. The van der Waals surface area contributed by atoms with Crippen LogP contribution in [0.15, 0.2) is 18.2 Å². The number of anilines is 1. The molecule has 4 atom stereocenters. The van der Waals surface area contributed by atoms with Gasteiger partial charge in [-0.05, 0) is 43.9 Å². The van der Waals surface area contributed by atoms with Crippen LogP contribution in [0.2, 0.25) is 0 Å². The number of rotatable bonds is 7. The van der Waals surface area contributed by atoms with E-state index in [9.17, 15) is 14.7 Å². The number of ether oxygens (including phenoxy) is 2. The Morgan fingerprint density at radius 3 is 2.75 bits per heavy atom. The number of aliphatic hydroxyl groups excluding tert-OH is 1. The normalized spacial score (nSPS) is 27.1. The van der Waals surface area contributed by atoms with Crippen molar-refractivity contribution in [2.75, 3.05) is 18.5 Å². The van der Waals surface area contributed by atoms with E-state index in [4.69, 9.17) is 9.47 Å². The van der Waals surface area contributed by atoms with Crippen molar-refractivity contribution in [2.45, 2.75) is 88.6 Å². The van der Waals surface area contributed by atoms with Crippen molar-refractivity contribution in [3.05, 3.63) is 23.8 Å². The van der Waals surface area contributed by atoms with Crippen molar-refractivity contribution in [1.82, 2.24) is 10.6 Å². The summed E-state index contributed by atoms with van der Waals surface area (Å²) in [5.41, 5.74) is 1.71. The lowest BCUT2D eigenvalue weighted by molar-refractivity contribution is -0.142. The van der Waals surface area contributed by atoms with Crippen LogP contribution in [0.5, 0.6) is 5.75 Å². The first-order valence-corrected chi connectivity index (χ1v) is 12.0. The Hall–Kier alpha value is -2.32. The van der Waals surface area contributed by atoms with Crippen molar-refractivity contribution < 1.29 is 24.2 Å². The lowest BCUT2D eigenvalue weighted by Crippen LogP contribution is -2.47. The summed E-state index contributed by atoms with van der Waals surface area (Å²) in [6, 6.07) is 5.71. The zero-order valence-electron chi connectivity index (χ0n) is 18.8. The molecule has 0 radical (unpaired) electrons. The molecule has 4 rings (SSSR count). The molecule has 3 amide bonds. The van der Waals surface area contributed by atoms with Crippen molar-refractivity contribution in [2.24, 2.45) is 0 Å². The van der Waals surface area contributed by atoms with Crippen molar-refractivity contribution in [1.29, 1.82) is 0 Å². The topological polar surface area (TPSA) is 109 Å². The molecule has 176 valence electrons.